The van der Waals surface area contributed by atoms with Crippen LogP contribution in [0.2, 0.25) is 0 Å². The van der Waals surface area contributed by atoms with Crippen molar-refractivity contribution in [2.75, 3.05) is 27.7 Å². The maximum atomic E-state index is 2.48. The van der Waals surface area contributed by atoms with Gasteiger partial charge in [-0.05, 0) is 40.5 Å². The van der Waals surface area contributed by atoms with Gasteiger partial charge in [-0.2, -0.15) is 0 Å². The monoisotopic (exact) mass is 170 g/mol. The molecule has 0 aliphatic heterocycles. The van der Waals surface area contributed by atoms with Crippen LogP contribution in [0, 0.1) is 0 Å². The van der Waals surface area contributed by atoms with Gasteiger partial charge in [0, 0.05) is 12.1 Å². The van der Waals surface area contributed by atoms with E-state index in [9.17, 15) is 0 Å². The average molecular weight is 170 g/mol. The van der Waals surface area contributed by atoms with E-state index in [2.05, 4.69) is 37.9 Å². The van der Waals surface area contributed by atoms with E-state index in [1.165, 1.54) is 25.8 Å². The predicted molar refractivity (Wildman–Crippen MR) is 53.4 cm³/mol. The Morgan fingerprint density at radius 1 is 1.08 bits per heavy atom. The van der Waals surface area contributed by atoms with Gasteiger partial charge >= 0.3 is 0 Å². The number of hydrogen-bond acceptors (Lipinski definition) is 2. The van der Waals surface area contributed by atoms with Crippen LogP contribution in [0.4, 0.5) is 0 Å². The van der Waals surface area contributed by atoms with Gasteiger partial charge in [-0.25, -0.2) is 0 Å². The molecule has 1 saturated carbocycles. The predicted octanol–water partition coefficient (Wildman–Crippen LogP) is 1.42. The summed E-state index contributed by atoms with van der Waals surface area (Å²) in [5.41, 5.74) is 0. The van der Waals surface area contributed by atoms with Crippen LogP contribution >= 0.6 is 0 Å². The highest BCUT2D eigenvalue weighted by atomic mass is 15.2. The minimum Gasteiger partial charge on any atom is -0.305 e. The highest BCUT2D eigenvalue weighted by molar-refractivity contribution is 4.88. The molecule has 0 aromatic carbocycles. The smallest absolute Gasteiger partial charge is 0.0248 e. The van der Waals surface area contributed by atoms with Crippen LogP contribution in [-0.2, 0) is 0 Å². The zero-order chi connectivity index (χ0) is 9.14. The summed E-state index contributed by atoms with van der Waals surface area (Å²) in [5.74, 6) is 0. The second-order valence-corrected chi connectivity index (χ2v) is 4.10. The quantitative estimate of drug-likeness (QED) is 0.632. The SMILES string of the molecule is CCN(C)[C@@H]1CCC[C@@H]1N(C)C. The van der Waals surface area contributed by atoms with Crippen LogP contribution in [0.25, 0.3) is 0 Å². The summed E-state index contributed by atoms with van der Waals surface area (Å²) in [6.07, 6.45) is 4.16. The van der Waals surface area contributed by atoms with Crippen LogP contribution in [-0.4, -0.2) is 49.6 Å². The Morgan fingerprint density at radius 2 is 1.67 bits per heavy atom. The summed E-state index contributed by atoms with van der Waals surface area (Å²) in [7, 11) is 6.64. The summed E-state index contributed by atoms with van der Waals surface area (Å²) in [4.78, 5) is 4.86. The number of hydrogen-bond donors (Lipinski definition) is 0. The summed E-state index contributed by atoms with van der Waals surface area (Å²) < 4.78 is 0. The van der Waals surface area contributed by atoms with E-state index in [1.54, 1.807) is 0 Å². The van der Waals surface area contributed by atoms with Crippen LogP contribution in [0.15, 0.2) is 0 Å². The third kappa shape index (κ3) is 1.99. The summed E-state index contributed by atoms with van der Waals surface area (Å²) >= 11 is 0. The highest BCUT2D eigenvalue weighted by Gasteiger charge is 2.30. The highest BCUT2D eigenvalue weighted by Crippen LogP contribution is 2.25. The lowest BCUT2D eigenvalue weighted by molar-refractivity contribution is 0.158. The summed E-state index contributed by atoms with van der Waals surface area (Å²) in [6, 6.07) is 1.58. The van der Waals surface area contributed by atoms with Crippen LogP contribution in [0.5, 0.6) is 0 Å². The molecule has 0 amide bonds. The Balaban J connectivity index is 2.51. The first kappa shape index (κ1) is 10.0. The van der Waals surface area contributed by atoms with Gasteiger partial charge in [0.15, 0.2) is 0 Å². The van der Waals surface area contributed by atoms with E-state index in [1.807, 2.05) is 0 Å². The normalized spacial score (nSPS) is 30.5. The van der Waals surface area contributed by atoms with Crippen LogP contribution in [0.3, 0.4) is 0 Å². The molecule has 72 valence electrons. The zero-order valence-electron chi connectivity index (χ0n) is 8.88. The van der Waals surface area contributed by atoms with Crippen LogP contribution in [0.1, 0.15) is 26.2 Å². The van der Waals surface area contributed by atoms with Gasteiger partial charge in [0.1, 0.15) is 0 Å². The van der Waals surface area contributed by atoms with Crippen molar-refractivity contribution in [2.45, 2.75) is 38.3 Å². The molecule has 1 aliphatic rings. The first-order valence-corrected chi connectivity index (χ1v) is 5.03. The lowest BCUT2D eigenvalue weighted by Crippen LogP contribution is -2.44. The average Bonchev–Trinajstić information content (AvgIpc) is 2.50. The lowest BCUT2D eigenvalue weighted by Gasteiger charge is -2.32. The van der Waals surface area contributed by atoms with Crippen molar-refractivity contribution in [1.29, 1.82) is 0 Å². The van der Waals surface area contributed by atoms with Crippen molar-refractivity contribution in [1.82, 2.24) is 9.80 Å². The minimum absolute atomic E-state index is 0.787. The molecule has 2 heteroatoms. The van der Waals surface area contributed by atoms with Crippen molar-refractivity contribution < 1.29 is 0 Å². The molecule has 0 unspecified atom stereocenters. The zero-order valence-corrected chi connectivity index (χ0v) is 8.88. The van der Waals surface area contributed by atoms with Crippen LogP contribution < -0.4 is 0 Å². The van der Waals surface area contributed by atoms with Crippen molar-refractivity contribution in [3.63, 3.8) is 0 Å². The van der Waals surface area contributed by atoms with Crippen molar-refractivity contribution >= 4 is 0 Å². The fourth-order valence-corrected chi connectivity index (χ4v) is 2.27. The molecule has 0 N–H and O–H groups in total. The fraction of sp³-hybridized carbons (Fsp3) is 1.00. The number of rotatable bonds is 3. The van der Waals surface area contributed by atoms with Gasteiger partial charge in [0.05, 0.1) is 0 Å². The van der Waals surface area contributed by atoms with Crippen molar-refractivity contribution in [3.05, 3.63) is 0 Å². The molecule has 0 saturated heterocycles. The Morgan fingerprint density at radius 3 is 2.17 bits per heavy atom. The molecule has 0 aromatic heterocycles. The Bertz CT molecular complexity index is 134. The second-order valence-electron chi connectivity index (χ2n) is 4.10. The van der Waals surface area contributed by atoms with E-state index in [4.69, 9.17) is 0 Å². The first-order valence-electron chi connectivity index (χ1n) is 5.03. The molecule has 0 radical (unpaired) electrons. The first-order chi connectivity index (χ1) is 5.66. The standard InChI is InChI=1S/C10H22N2/c1-5-12(4)10-8-6-7-9(10)11(2)3/h9-10H,5-8H2,1-4H3/t9-,10+/m0/s1. The summed E-state index contributed by atoms with van der Waals surface area (Å²) in [6.45, 7) is 3.42. The van der Waals surface area contributed by atoms with Gasteiger partial charge in [-0.3, -0.25) is 0 Å². The molecular weight excluding hydrogens is 148 g/mol. The van der Waals surface area contributed by atoms with E-state index < -0.39 is 0 Å². The van der Waals surface area contributed by atoms with Gasteiger partial charge in [-0.1, -0.05) is 13.3 Å². The van der Waals surface area contributed by atoms with Gasteiger partial charge in [0.2, 0.25) is 0 Å². The Hall–Kier alpha value is -0.0800. The topological polar surface area (TPSA) is 6.48 Å². The molecule has 2 nitrogen and oxygen atoms in total. The molecule has 2 atom stereocenters. The molecule has 0 aromatic rings. The molecule has 0 heterocycles. The van der Waals surface area contributed by atoms with Crippen molar-refractivity contribution in [2.24, 2.45) is 0 Å². The van der Waals surface area contributed by atoms with Gasteiger partial charge in [-0.15, -0.1) is 0 Å². The van der Waals surface area contributed by atoms with E-state index >= 15 is 0 Å². The molecular formula is C10H22N2. The molecule has 1 fully saturated rings. The maximum absolute atomic E-state index is 2.48. The van der Waals surface area contributed by atoms with E-state index in [0.717, 1.165) is 12.1 Å². The summed E-state index contributed by atoms with van der Waals surface area (Å²) in [5, 5.41) is 0. The number of likely N-dealkylation sites (N-methyl/N-ethyl adjacent to an activating group) is 2. The molecule has 0 spiro atoms. The van der Waals surface area contributed by atoms with Crippen molar-refractivity contribution in [3.8, 4) is 0 Å². The molecule has 1 aliphatic carbocycles. The lowest BCUT2D eigenvalue weighted by atomic mass is 10.1. The third-order valence-electron chi connectivity index (χ3n) is 3.17. The van der Waals surface area contributed by atoms with E-state index in [-0.39, 0.29) is 0 Å². The van der Waals surface area contributed by atoms with E-state index in [0.29, 0.717) is 0 Å². The molecule has 1 rings (SSSR count). The Labute approximate surface area is 76.5 Å². The number of nitrogens with zero attached hydrogens (tertiary/aromatic N) is 2. The Kier molecular flexibility index (Phi) is 3.53. The third-order valence-corrected chi connectivity index (χ3v) is 3.17. The fourth-order valence-electron chi connectivity index (χ4n) is 2.27. The second kappa shape index (κ2) is 4.24. The minimum atomic E-state index is 0.787. The molecule has 0 bridgehead atoms. The molecule has 12 heavy (non-hydrogen) atoms. The maximum Gasteiger partial charge on any atom is 0.0248 e. The van der Waals surface area contributed by atoms with Gasteiger partial charge < -0.3 is 9.80 Å². The van der Waals surface area contributed by atoms with Gasteiger partial charge in [0.25, 0.3) is 0 Å². The largest absolute Gasteiger partial charge is 0.305 e.